The van der Waals surface area contributed by atoms with E-state index in [0.29, 0.717) is 0 Å². The lowest BCUT2D eigenvalue weighted by Crippen LogP contribution is -2.11. The van der Waals surface area contributed by atoms with Crippen molar-refractivity contribution in [2.75, 3.05) is 0 Å². The SMILES string of the molecule is NC(c1ccn(CCn2ccnc2)c1)C1CC1. The fourth-order valence-electron chi connectivity index (χ4n) is 2.17. The van der Waals surface area contributed by atoms with Gasteiger partial charge in [0.05, 0.1) is 6.33 Å². The van der Waals surface area contributed by atoms with Crippen LogP contribution in [0.1, 0.15) is 24.4 Å². The highest BCUT2D eigenvalue weighted by Crippen LogP contribution is 2.39. The minimum Gasteiger partial charge on any atom is -0.352 e. The third kappa shape index (κ3) is 2.42. The molecule has 1 aliphatic rings. The highest BCUT2D eigenvalue weighted by atomic mass is 15.1. The molecule has 1 atom stereocenters. The standard InChI is InChI=1S/C13H18N4/c14-13(11-1-2-11)12-3-5-16(9-12)7-8-17-6-4-15-10-17/h3-6,9-11,13H,1-2,7-8,14H2. The first-order valence-corrected chi connectivity index (χ1v) is 6.20. The molecule has 0 saturated heterocycles. The lowest BCUT2D eigenvalue weighted by atomic mass is 10.1. The Morgan fingerprint density at radius 2 is 2.12 bits per heavy atom. The van der Waals surface area contributed by atoms with Gasteiger partial charge < -0.3 is 14.9 Å². The zero-order chi connectivity index (χ0) is 11.7. The second kappa shape index (κ2) is 4.37. The molecule has 0 amide bonds. The average Bonchev–Trinajstić information content (AvgIpc) is 2.88. The number of aromatic nitrogens is 3. The molecule has 2 N–H and O–H groups in total. The molecule has 3 rings (SSSR count). The summed E-state index contributed by atoms with van der Waals surface area (Å²) in [4.78, 5) is 4.03. The van der Waals surface area contributed by atoms with Gasteiger partial charge in [-0.05, 0) is 30.4 Å². The number of nitrogens with two attached hydrogens (primary N) is 1. The molecule has 1 unspecified atom stereocenters. The monoisotopic (exact) mass is 230 g/mol. The Bertz CT molecular complexity index is 467. The molecule has 0 radical (unpaired) electrons. The van der Waals surface area contributed by atoms with Gasteiger partial charge in [0.15, 0.2) is 0 Å². The molecular formula is C13H18N4. The number of aryl methyl sites for hydroxylation is 2. The van der Waals surface area contributed by atoms with Crippen LogP contribution in [0.5, 0.6) is 0 Å². The van der Waals surface area contributed by atoms with Crippen LogP contribution in [-0.2, 0) is 13.1 Å². The summed E-state index contributed by atoms with van der Waals surface area (Å²) in [6.45, 7) is 1.92. The number of hydrogen-bond donors (Lipinski definition) is 1. The quantitative estimate of drug-likeness (QED) is 0.851. The van der Waals surface area contributed by atoms with Crippen molar-refractivity contribution in [3.8, 4) is 0 Å². The minimum absolute atomic E-state index is 0.240. The maximum absolute atomic E-state index is 6.18. The molecule has 0 bridgehead atoms. The Balaban J connectivity index is 1.60. The maximum atomic E-state index is 6.18. The summed E-state index contributed by atoms with van der Waals surface area (Å²) in [5, 5.41) is 0. The lowest BCUT2D eigenvalue weighted by Gasteiger charge is -2.07. The van der Waals surface area contributed by atoms with Crippen LogP contribution in [0.25, 0.3) is 0 Å². The molecule has 2 aromatic rings. The summed E-state index contributed by atoms with van der Waals surface area (Å²) < 4.78 is 4.29. The zero-order valence-corrected chi connectivity index (χ0v) is 9.87. The topological polar surface area (TPSA) is 48.8 Å². The predicted molar refractivity (Wildman–Crippen MR) is 66.3 cm³/mol. The van der Waals surface area contributed by atoms with Crippen LogP contribution in [0.2, 0.25) is 0 Å². The molecular weight excluding hydrogens is 212 g/mol. The summed E-state index contributed by atoms with van der Waals surface area (Å²) in [7, 11) is 0. The molecule has 17 heavy (non-hydrogen) atoms. The number of hydrogen-bond acceptors (Lipinski definition) is 2. The molecule has 0 spiro atoms. The van der Waals surface area contributed by atoms with Gasteiger partial charge in [-0.1, -0.05) is 0 Å². The summed E-state index contributed by atoms with van der Waals surface area (Å²) in [6.07, 6.45) is 12.5. The summed E-state index contributed by atoms with van der Waals surface area (Å²) in [5.74, 6) is 0.722. The Morgan fingerprint density at radius 3 is 2.82 bits per heavy atom. The van der Waals surface area contributed by atoms with Crippen LogP contribution in [0.15, 0.2) is 37.2 Å². The van der Waals surface area contributed by atoms with Gasteiger partial charge in [0.25, 0.3) is 0 Å². The van der Waals surface area contributed by atoms with Crippen molar-refractivity contribution in [3.63, 3.8) is 0 Å². The lowest BCUT2D eigenvalue weighted by molar-refractivity contribution is 0.575. The van der Waals surface area contributed by atoms with Gasteiger partial charge in [-0.2, -0.15) is 0 Å². The van der Waals surface area contributed by atoms with Gasteiger partial charge in [0.1, 0.15) is 0 Å². The van der Waals surface area contributed by atoms with Gasteiger partial charge >= 0.3 is 0 Å². The summed E-state index contributed by atoms with van der Waals surface area (Å²) >= 11 is 0. The second-order valence-corrected chi connectivity index (χ2v) is 4.85. The molecule has 1 aliphatic carbocycles. The smallest absolute Gasteiger partial charge is 0.0946 e. The third-order valence-corrected chi connectivity index (χ3v) is 3.46. The first-order chi connectivity index (χ1) is 8.33. The molecule has 0 aromatic carbocycles. The number of imidazole rings is 1. The Labute approximate surface area is 101 Å². The minimum atomic E-state index is 0.240. The Hall–Kier alpha value is -1.55. The fourth-order valence-corrected chi connectivity index (χ4v) is 2.17. The van der Waals surface area contributed by atoms with Gasteiger partial charge in [-0.25, -0.2) is 4.98 Å². The van der Waals surface area contributed by atoms with Crippen molar-refractivity contribution in [2.45, 2.75) is 32.0 Å². The van der Waals surface area contributed by atoms with Crippen molar-refractivity contribution >= 4 is 0 Å². The van der Waals surface area contributed by atoms with Crippen molar-refractivity contribution in [1.29, 1.82) is 0 Å². The van der Waals surface area contributed by atoms with E-state index in [1.54, 1.807) is 0 Å². The molecule has 4 nitrogen and oxygen atoms in total. The van der Waals surface area contributed by atoms with Crippen molar-refractivity contribution < 1.29 is 0 Å². The molecule has 1 saturated carbocycles. The van der Waals surface area contributed by atoms with Gasteiger partial charge in [0, 0.05) is 43.9 Å². The van der Waals surface area contributed by atoms with Crippen LogP contribution >= 0.6 is 0 Å². The number of nitrogens with zero attached hydrogens (tertiary/aromatic N) is 3. The second-order valence-electron chi connectivity index (χ2n) is 4.85. The summed E-state index contributed by atoms with van der Waals surface area (Å²) in [6, 6.07) is 2.39. The molecule has 4 heteroatoms. The highest BCUT2D eigenvalue weighted by molar-refractivity contribution is 5.17. The highest BCUT2D eigenvalue weighted by Gasteiger charge is 2.29. The molecule has 2 heterocycles. The molecule has 2 aromatic heterocycles. The van der Waals surface area contributed by atoms with Gasteiger partial charge in [0.2, 0.25) is 0 Å². The maximum Gasteiger partial charge on any atom is 0.0946 e. The fraction of sp³-hybridized carbons (Fsp3) is 0.462. The normalized spacial score (nSPS) is 17.2. The van der Waals surface area contributed by atoms with Crippen LogP contribution in [0, 0.1) is 5.92 Å². The largest absolute Gasteiger partial charge is 0.352 e. The van der Waals surface area contributed by atoms with E-state index in [-0.39, 0.29) is 6.04 Å². The Morgan fingerprint density at radius 1 is 1.29 bits per heavy atom. The van der Waals surface area contributed by atoms with E-state index in [2.05, 4.69) is 32.6 Å². The number of rotatable bonds is 5. The van der Waals surface area contributed by atoms with E-state index >= 15 is 0 Å². The van der Waals surface area contributed by atoms with Gasteiger partial charge in [-0.15, -0.1) is 0 Å². The Kier molecular flexibility index (Phi) is 2.73. The van der Waals surface area contributed by atoms with Crippen LogP contribution in [0.4, 0.5) is 0 Å². The van der Waals surface area contributed by atoms with Crippen LogP contribution in [-0.4, -0.2) is 14.1 Å². The third-order valence-electron chi connectivity index (χ3n) is 3.46. The molecule has 1 fully saturated rings. The van der Waals surface area contributed by atoms with E-state index < -0.39 is 0 Å². The first-order valence-electron chi connectivity index (χ1n) is 6.20. The van der Waals surface area contributed by atoms with E-state index in [9.17, 15) is 0 Å². The van der Waals surface area contributed by atoms with E-state index in [0.717, 1.165) is 19.0 Å². The van der Waals surface area contributed by atoms with E-state index in [1.165, 1.54) is 18.4 Å². The predicted octanol–water partition coefficient (Wildman–Crippen LogP) is 1.79. The molecule has 90 valence electrons. The van der Waals surface area contributed by atoms with Crippen LogP contribution < -0.4 is 5.73 Å². The van der Waals surface area contributed by atoms with Crippen molar-refractivity contribution in [3.05, 3.63) is 42.7 Å². The summed E-state index contributed by atoms with van der Waals surface area (Å²) in [5.41, 5.74) is 7.45. The average molecular weight is 230 g/mol. The van der Waals surface area contributed by atoms with Gasteiger partial charge in [-0.3, -0.25) is 0 Å². The van der Waals surface area contributed by atoms with Crippen molar-refractivity contribution in [2.24, 2.45) is 11.7 Å². The first kappa shape index (κ1) is 10.6. The van der Waals surface area contributed by atoms with Crippen LogP contribution in [0.3, 0.4) is 0 Å². The molecule has 0 aliphatic heterocycles. The van der Waals surface area contributed by atoms with E-state index in [4.69, 9.17) is 5.73 Å². The van der Waals surface area contributed by atoms with E-state index in [1.807, 2.05) is 18.7 Å². The zero-order valence-electron chi connectivity index (χ0n) is 9.87. The van der Waals surface area contributed by atoms with Crippen molar-refractivity contribution in [1.82, 2.24) is 14.1 Å².